The minimum Gasteiger partial charge on any atom is -0.389 e. The second-order valence-electron chi connectivity index (χ2n) is 4.62. The topological polar surface area (TPSA) is 43.8 Å². The lowest BCUT2D eigenvalue weighted by Crippen LogP contribution is -2.11. The van der Waals surface area contributed by atoms with Crippen molar-refractivity contribution in [1.29, 1.82) is 0 Å². The number of hydrogen-bond acceptors (Lipinski definition) is 2. The summed E-state index contributed by atoms with van der Waals surface area (Å²) >= 11 is 4.83. The van der Waals surface area contributed by atoms with Gasteiger partial charge in [0.25, 0.3) is 0 Å². The number of nitrogens with zero attached hydrogens (tertiary/aromatic N) is 2. The Hall–Kier alpha value is -1.75. The molecule has 0 fully saturated rings. The maximum absolute atomic E-state index is 14.0. The summed E-state index contributed by atoms with van der Waals surface area (Å²) in [6.07, 6.45) is 0. The summed E-state index contributed by atoms with van der Waals surface area (Å²) in [5, 5.41) is 4.40. The second-order valence-corrected chi connectivity index (χ2v) is 5.06. The fourth-order valence-electron chi connectivity index (χ4n) is 1.93. The van der Waals surface area contributed by atoms with E-state index in [1.807, 2.05) is 25.5 Å². The number of hydrogen-bond donors (Lipinski definition) is 1. The molecule has 19 heavy (non-hydrogen) atoms. The molecule has 0 unspecified atom stereocenters. The standard InChI is InChI=1S/C14H16FN3S/c1-8-9(2)17-18(10(8)3)7-12-5-4-11(14(16)19)6-13(12)15/h4-6H,7H2,1-3H3,(H2,16,19). The first-order valence-electron chi connectivity index (χ1n) is 5.99. The third-order valence-corrected chi connectivity index (χ3v) is 3.64. The lowest BCUT2D eigenvalue weighted by atomic mass is 10.1. The molecule has 1 heterocycles. The minimum atomic E-state index is -0.310. The van der Waals surface area contributed by atoms with Crippen molar-refractivity contribution in [2.24, 2.45) is 5.73 Å². The fourth-order valence-corrected chi connectivity index (χ4v) is 2.06. The molecule has 3 nitrogen and oxygen atoms in total. The van der Waals surface area contributed by atoms with Gasteiger partial charge < -0.3 is 5.73 Å². The van der Waals surface area contributed by atoms with Crippen LogP contribution in [0.4, 0.5) is 4.39 Å². The summed E-state index contributed by atoms with van der Waals surface area (Å²) < 4.78 is 15.8. The molecule has 1 aromatic carbocycles. The van der Waals surface area contributed by atoms with Gasteiger partial charge in [0, 0.05) is 16.8 Å². The van der Waals surface area contributed by atoms with Crippen molar-refractivity contribution < 1.29 is 4.39 Å². The molecular formula is C14H16FN3S. The van der Waals surface area contributed by atoms with Crippen LogP contribution in [0.1, 0.15) is 28.1 Å². The normalized spacial score (nSPS) is 10.7. The molecule has 0 amide bonds. The third kappa shape index (κ3) is 2.66. The Morgan fingerprint density at radius 1 is 1.37 bits per heavy atom. The van der Waals surface area contributed by atoms with Crippen molar-refractivity contribution in [3.8, 4) is 0 Å². The van der Waals surface area contributed by atoms with Crippen molar-refractivity contribution in [2.45, 2.75) is 27.3 Å². The monoisotopic (exact) mass is 277 g/mol. The lowest BCUT2D eigenvalue weighted by molar-refractivity contribution is 0.578. The van der Waals surface area contributed by atoms with Crippen LogP contribution in [0.15, 0.2) is 18.2 Å². The van der Waals surface area contributed by atoms with Crippen LogP contribution in [0.3, 0.4) is 0 Å². The van der Waals surface area contributed by atoms with Crippen molar-refractivity contribution in [2.75, 3.05) is 0 Å². The van der Waals surface area contributed by atoms with Crippen LogP contribution >= 0.6 is 12.2 Å². The van der Waals surface area contributed by atoms with Crippen molar-refractivity contribution in [3.63, 3.8) is 0 Å². The molecule has 0 saturated carbocycles. The van der Waals surface area contributed by atoms with Crippen LogP contribution in [0.5, 0.6) is 0 Å². The SMILES string of the molecule is Cc1nn(Cc2ccc(C(N)=S)cc2F)c(C)c1C. The molecular weight excluding hydrogens is 261 g/mol. The lowest BCUT2D eigenvalue weighted by Gasteiger charge is -2.07. The molecule has 0 aliphatic carbocycles. The summed E-state index contributed by atoms with van der Waals surface area (Å²) in [6, 6.07) is 4.81. The van der Waals surface area contributed by atoms with Gasteiger partial charge in [-0.05, 0) is 32.4 Å². The quantitative estimate of drug-likeness (QED) is 0.877. The largest absolute Gasteiger partial charge is 0.389 e. The summed E-state index contributed by atoms with van der Waals surface area (Å²) in [6.45, 7) is 6.35. The van der Waals surface area contributed by atoms with E-state index >= 15 is 0 Å². The predicted molar refractivity (Wildman–Crippen MR) is 77.8 cm³/mol. The van der Waals surface area contributed by atoms with Crippen molar-refractivity contribution >= 4 is 17.2 Å². The van der Waals surface area contributed by atoms with E-state index in [2.05, 4.69) is 5.10 Å². The van der Waals surface area contributed by atoms with Gasteiger partial charge in [0.15, 0.2) is 0 Å². The first-order chi connectivity index (χ1) is 8.90. The Balaban J connectivity index is 2.33. The van der Waals surface area contributed by atoms with Gasteiger partial charge in [-0.25, -0.2) is 4.39 Å². The molecule has 0 saturated heterocycles. The van der Waals surface area contributed by atoms with E-state index in [9.17, 15) is 4.39 Å². The van der Waals surface area contributed by atoms with Gasteiger partial charge >= 0.3 is 0 Å². The first kappa shape index (κ1) is 13.7. The third-order valence-electron chi connectivity index (χ3n) is 3.40. The average Bonchev–Trinajstić information content (AvgIpc) is 2.59. The molecule has 2 N–H and O–H groups in total. The van der Waals surface area contributed by atoms with Crippen molar-refractivity contribution in [3.05, 3.63) is 52.1 Å². The van der Waals surface area contributed by atoms with Crippen LogP contribution < -0.4 is 5.73 Å². The van der Waals surface area contributed by atoms with Gasteiger partial charge in [-0.3, -0.25) is 4.68 Å². The van der Waals surface area contributed by atoms with Gasteiger partial charge in [-0.15, -0.1) is 0 Å². The Labute approximate surface area is 117 Å². The number of halogens is 1. The van der Waals surface area contributed by atoms with E-state index in [-0.39, 0.29) is 10.8 Å². The Morgan fingerprint density at radius 3 is 2.53 bits per heavy atom. The molecule has 0 atom stereocenters. The van der Waals surface area contributed by atoms with Gasteiger partial charge in [0.2, 0.25) is 0 Å². The highest BCUT2D eigenvalue weighted by Crippen LogP contribution is 2.16. The Kier molecular flexibility index (Phi) is 3.66. The van der Waals surface area contributed by atoms with E-state index < -0.39 is 0 Å². The number of nitrogens with two attached hydrogens (primary N) is 1. The van der Waals surface area contributed by atoms with E-state index in [1.165, 1.54) is 6.07 Å². The van der Waals surface area contributed by atoms with Crippen LogP contribution in [0.25, 0.3) is 0 Å². The number of aromatic nitrogens is 2. The second kappa shape index (κ2) is 5.09. The molecule has 1 aromatic heterocycles. The van der Waals surface area contributed by atoms with E-state index in [1.54, 1.807) is 12.1 Å². The highest BCUT2D eigenvalue weighted by atomic mass is 32.1. The molecule has 100 valence electrons. The average molecular weight is 277 g/mol. The molecule has 5 heteroatoms. The minimum absolute atomic E-state index is 0.201. The number of rotatable bonds is 3. The van der Waals surface area contributed by atoms with Crippen LogP contribution in [0.2, 0.25) is 0 Å². The number of aryl methyl sites for hydroxylation is 1. The van der Waals surface area contributed by atoms with Gasteiger partial charge in [-0.2, -0.15) is 5.10 Å². The smallest absolute Gasteiger partial charge is 0.128 e. The molecule has 0 aliphatic heterocycles. The molecule has 2 rings (SSSR count). The zero-order chi connectivity index (χ0) is 14.2. The van der Waals surface area contributed by atoms with Crippen molar-refractivity contribution in [1.82, 2.24) is 9.78 Å². The number of benzene rings is 1. The summed E-state index contributed by atoms with van der Waals surface area (Å²) in [4.78, 5) is 0.201. The van der Waals surface area contributed by atoms with Gasteiger partial charge in [0.05, 0.1) is 12.2 Å². The zero-order valence-corrected chi connectivity index (χ0v) is 12.0. The predicted octanol–water partition coefficient (Wildman–Crippen LogP) is 2.63. The summed E-state index contributed by atoms with van der Waals surface area (Å²) in [5.41, 5.74) is 9.76. The molecule has 0 spiro atoms. The fraction of sp³-hybridized carbons (Fsp3) is 0.286. The maximum atomic E-state index is 14.0. The summed E-state index contributed by atoms with van der Waals surface area (Å²) in [5.74, 6) is -0.310. The highest BCUT2D eigenvalue weighted by molar-refractivity contribution is 7.80. The van der Waals surface area contributed by atoms with E-state index in [0.717, 1.165) is 17.0 Å². The van der Waals surface area contributed by atoms with Crippen LogP contribution in [0, 0.1) is 26.6 Å². The highest BCUT2D eigenvalue weighted by Gasteiger charge is 2.10. The van der Waals surface area contributed by atoms with Crippen LogP contribution in [-0.2, 0) is 6.54 Å². The zero-order valence-electron chi connectivity index (χ0n) is 11.2. The summed E-state index contributed by atoms with van der Waals surface area (Å²) in [7, 11) is 0. The Bertz CT molecular complexity index is 646. The first-order valence-corrected chi connectivity index (χ1v) is 6.40. The van der Waals surface area contributed by atoms with Crippen LogP contribution in [-0.4, -0.2) is 14.8 Å². The van der Waals surface area contributed by atoms with E-state index in [4.69, 9.17) is 18.0 Å². The van der Waals surface area contributed by atoms with E-state index in [0.29, 0.717) is 17.7 Å². The molecule has 0 bridgehead atoms. The number of thiocarbonyl (C=S) groups is 1. The maximum Gasteiger partial charge on any atom is 0.128 e. The Morgan fingerprint density at radius 2 is 2.05 bits per heavy atom. The van der Waals surface area contributed by atoms with Gasteiger partial charge in [0.1, 0.15) is 10.8 Å². The van der Waals surface area contributed by atoms with Gasteiger partial charge in [-0.1, -0.05) is 24.4 Å². The molecule has 2 aromatic rings. The molecule has 0 aliphatic rings. The molecule has 0 radical (unpaired) electrons.